The summed E-state index contributed by atoms with van der Waals surface area (Å²) < 4.78 is 7.88. The van der Waals surface area contributed by atoms with Crippen LogP contribution in [0.3, 0.4) is 0 Å². The van der Waals surface area contributed by atoms with Crippen molar-refractivity contribution < 1.29 is 4.74 Å². The molecule has 0 amide bonds. The number of benzene rings is 1. The second-order valence-corrected chi connectivity index (χ2v) is 9.74. The van der Waals surface area contributed by atoms with Crippen molar-refractivity contribution in [3.63, 3.8) is 0 Å². The average Bonchev–Trinajstić information content (AvgIpc) is 3.38. The van der Waals surface area contributed by atoms with Crippen molar-refractivity contribution in [3.8, 4) is 0 Å². The van der Waals surface area contributed by atoms with Crippen molar-refractivity contribution in [2.75, 3.05) is 6.61 Å². The standard InChI is InChI=1S/C17H18N4OS.3C4H10.Sn/c1-2-6-13(7-3-1)10-23-17-15-16(18-11-19-17)21(12-20-15)14-8-4-5-9-22-14;3*1-3-4-2;/h1-3,6-7,12,14,17H,4-5,8-10H2;3*3-4H2,1-2H3;. The molecule has 4 radical (unpaired) electrons. The first kappa shape index (κ1) is 34.9. The first-order chi connectivity index (χ1) is 17.2. The number of hydrogen-bond acceptors (Lipinski definition) is 5. The fourth-order valence-corrected chi connectivity index (χ4v) is 3.86. The minimum atomic E-state index is -0.0486. The van der Waals surface area contributed by atoms with E-state index in [-0.39, 0.29) is 35.5 Å². The van der Waals surface area contributed by atoms with E-state index in [0.29, 0.717) is 0 Å². The van der Waals surface area contributed by atoms with E-state index in [1.165, 1.54) is 50.5 Å². The fourth-order valence-electron chi connectivity index (χ4n) is 2.87. The summed E-state index contributed by atoms with van der Waals surface area (Å²) in [6.07, 6.45) is 13.1. The Labute approximate surface area is 242 Å². The predicted octanol–water partition coefficient (Wildman–Crippen LogP) is 9.37. The first-order valence-electron chi connectivity index (χ1n) is 13.7. The van der Waals surface area contributed by atoms with E-state index in [1.807, 2.05) is 17.0 Å². The molecule has 1 fully saturated rings. The molecule has 0 saturated carbocycles. The Bertz CT molecular complexity index is 816. The van der Waals surface area contributed by atoms with Crippen LogP contribution in [0, 0.1) is 0 Å². The van der Waals surface area contributed by atoms with Crippen molar-refractivity contribution >= 4 is 47.5 Å². The van der Waals surface area contributed by atoms with E-state index in [0.717, 1.165) is 36.7 Å². The van der Waals surface area contributed by atoms with E-state index < -0.39 is 0 Å². The molecule has 2 aliphatic rings. The molecule has 7 heteroatoms. The summed E-state index contributed by atoms with van der Waals surface area (Å²) in [6.45, 7) is 13.9. The van der Waals surface area contributed by atoms with E-state index in [4.69, 9.17) is 4.74 Å². The Hall–Kier alpha value is -1.08. The first-order valence-corrected chi connectivity index (χ1v) is 14.7. The van der Waals surface area contributed by atoms with Crippen LogP contribution in [0.25, 0.3) is 0 Å². The zero-order chi connectivity index (χ0) is 25.7. The van der Waals surface area contributed by atoms with Gasteiger partial charge < -0.3 is 4.74 Å². The topological polar surface area (TPSA) is 51.8 Å². The number of rotatable bonds is 7. The monoisotopic (exact) mass is 620 g/mol. The van der Waals surface area contributed by atoms with Gasteiger partial charge in [0.1, 0.15) is 11.9 Å². The second kappa shape index (κ2) is 23.1. The van der Waals surface area contributed by atoms with Crippen molar-refractivity contribution in [2.45, 2.75) is 117 Å². The fraction of sp³-hybridized carbons (Fsp3) is 0.655. The van der Waals surface area contributed by atoms with Gasteiger partial charge in [-0.2, -0.15) is 4.99 Å². The minimum Gasteiger partial charge on any atom is -0.358 e. The van der Waals surface area contributed by atoms with Crippen molar-refractivity contribution in [1.29, 1.82) is 0 Å². The van der Waals surface area contributed by atoms with Gasteiger partial charge in [0.25, 0.3) is 0 Å². The number of nitrogens with zero attached hydrogens (tertiary/aromatic N) is 4. The predicted molar refractivity (Wildman–Crippen MR) is 159 cm³/mol. The maximum Gasteiger partial charge on any atom is 0.172 e. The SMILES string of the molecule is C1=Nc2c(ncn2C2CCCCO2)C(SCc2ccccc2)N=1.CCCC.CCCC.CCCC.[Sn]. The van der Waals surface area contributed by atoms with E-state index in [1.54, 1.807) is 11.8 Å². The number of imidazole rings is 1. The molecule has 0 bridgehead atoms. The van der Waals surface area contributed by atoms with Gasteiger partial charge in [-0.05, 0) is 24.8 Å². The van der Waals surface area contributed by atoms with Gasteiger partial charge in [0.2, 0.25) is 0 Å². The Morgan fingerprint density at radius 1 is 0.917 bits per heavy atom. The third kappa shape index (κ3) is 13.5. The molecular formula is C29H48N4OSSn. The van der Waals surface area contributed by atoms with Gasteiger partial charge in [0.15, 0.2) is 11.2 Å². The summed E-state index contributed by atoms with van der Waals surface area (Å²) in [5, 5.41) is -0.0486. The van der Waals surface area contributed by atoms with Gasteiger partial charge in [0.05, 0.1) is 12.3 Å². The van der Waals surface area contributed by atoms with E-state index in [2.05, 4.69) is 86.8 Å². The van der Waals surface area contributed by atoms with Gasteiger partial charge in [-0.25, -0.2) is 9.98 Å². The normalized spacial score (nSPS) is 17.2. The summed E-state index contributed by atoms with van der Waals surface area (Å²) in [5.41, 5.74) is 2.20. The van der Waals surface area contributed by atoms with Gasteiger partial charge in [0, 0.05) is 36.3 Å². The number of unbranched alkanes of at least 4 members (excludes halogenated alkanes) is 3. The average molecular weight is 620 g/mol. The molecule has 1 aromatic carbocycles. The van der Waals surface area contributed by atoms with E-state index >= 15 is 0 Å². The Morgan fingerprint density at radius 2 is 1.53 bits per heavy atom. The number of thioether (sulfide) groups is 1. The molecule has 2 aliphatic heterocycles. The third-order valence-corrected chi connectivity index (χ3v) is 6.72. The second-order valence-electron chi connectivity index (χ2n) is 8.67. The molecule has 5 nitrogen and oxygen atoms in total. The molecule has 2 atom stereocenters. The number of aliphatic imine (C=N–C) groups is 2. The van der Waals surface area contributed by atoms with Crippen LogP contribution in [0.2, 0.25) is 0 Å². The Kier molecular flexibility index (Phi) is 22.4. The molecular weight excluding hydrogens is 571 g/mol. The number of ether oxygens (including phenoxy) is 1. The van der Waals surface area contributed by atoms with Gasteiger partial charge in [-0.1, -0.05) is 110 Å². The minimum absolute atomic E-state index is 0. The molecule has 0 aliphatic carbocycles. The van der Waals surface area contributed by atoms with Gasteiger partial charge in [-0.15, -0.1) is 11.8 Å². The van der Waals surface area contributed by atoms with Crippen LogP contribution in [0.5, 0.6) is 0 Å². The summed E-state index contributed by atoms with van der Waals surface area (Å²) >= 11 is 1.75. The molecule has 2 unspecified atom stereocenters. The smallest absolute Gasteiger partial charge is 0.172 e. The quantitative estimate of drug-likeness (QED) is 0.290. The number of fused-ring (bicyclic) bond motifs is 1. The molecule has 3 heterocycles. The molecule has 4 rings (SSSR count). The van der Waals surface area contributed by atoms with Crippen molar-refractivity contribution in [3.05, 3.63) is 47.9 Å². The van der Waals surface area contributed by atoms with Gasteiger partial charge >= 0.3 is 0 Å². The maximum atomic E-state index is 5.85. The van der Waals surface area contributed by atoms with Crippen LogP contribution in [-0.4, -0.2) is 46.1 Å². The summed E-state index contributed by atoms with van der Waals surface area (Å²) in [4.78, 5) is 13.3. The van der Waals surface area contributed by atoms with Crippen LogP contribution in [0.1, 0.15) is 122 Å². The molecule has 0 spiro atoms. The molecule has 2 aromatic rings. The van der Waals surface area contributed by atoms with Crippen LogP contribution < -0.4 is 0 Å². The summed E-state index contributed by atoms with van der Waals surface area (Å²) in [6, 6.07) is 13.2. The molecule has 1 aromatic heterocycles. The van der Waals surface area contributed by atoms with Crippen LogP contribution in [0.4, 0.5) is 5.82 Å². The van der Waals surface area contributed by atoms with E-state index in [9.17, 15) is 0 Å². The van der Waals surface area contributed by atoms with Crippen molar-refractivity contribution in [1.82, 2.24) is 9.55 Å². The largest absolute Gasteiger partial charge is 0.358 e. The Balaban J connectivity index is 0.000000798. The summed E-state index contributed by atoms with van der Waals surface area (Å²) in [5.74, 6) is 1.74. The maximum absolute atomic E-state index is 5.85. The summed E-state index contributed by atoms with van der Waals surface area (Å²) in [7, 11) is 0. The molecule has 200 valence electrons. The van der Waals surface area contributed by atoms with Crippen LogP contribution in [-0.2, 0) is 10.5 Å². The van der Waals surface area contributed by atoms with Crippen LogP contribution in [0.15, 0.2) is 46.6 Å². The Morgan fingerprint density at radius 3 is 2.06 bits per heavy atom. The van der Waals surface area contributed by atoms with Crippen molar-refractivity contribution in [2.24, 2.45) is 9.98 Å². The van der Waals surface area contributed by atoms with Gasteiger partial charge in [-0.3, -0.25) is 4.57 Å². The number of aromatic nitrogens is 2. The molecule has 0 N–H and O–H groups in total. The zero-order valence-electron chi connectivity index (χ0n) is 23.5. The molecule has 36 heavy (non-hydrogen) atoms. The zero-order valence-corrected chi connectivity index (χ0v) is 27.2. The third-order valence-electron chi connectivity index (χ3n) is 5.58. The molecule has 1 saturated heterocycles. The number of hydrogen-bond donors (Lipinski definition) is 0. The van der Waals surface area contributed by atoms with Crippen LogP contribution >= 0.6 is 11.8 Å².